The van der Waals surface area contributed by atoms with E-state index in [4.69, 9.17) is 9.47 Å². The second-order valence-electron chi connectivity index (χ2n) is 5.80. The second-order valence-corrected chi connectivity index (χ2v) is 5.80. The Hall–Kier alpha value is -2.23. The number of carbonyl (C=O) groups excluding carboxylic acids is 1. The topological polar surface area (TPSA) is 55.8 Å². The Labute approximate surface area is 138 Å². The summed E-state index contributed by atoms with van der Waals surface area (Å²) in [5, 5.41) is 10.0. The first kappa shape index (κ1) is 18.8. The van der Waals surface area contributed by atoms with E-state index < -0.39 is 5.97 Å². The van der Waals surface area contributed by atoms with Gasteiger partial charge in [-0.1, -0.05) is 23.3 Å². The molecule has 0 amide bonds. The van der Waals surface area contributed by atoms with E-state index in [2.05, 4.69) is 32.9 Å². The molecule has 0 aromatic heterocycles. The predicted octanol–water partition coefficient (Wildman–Crippen LogP) is 4.56. The zero-order chi connectivity index (χ0) is 17.4. The largest absolute Gasteiger partial charge is 0.504 e. The summed E-state index contributed by atoms with van der Waals surface area (Å²) in [4.78, 5) is 11.2. The molecule has 0 unspecified atom stereocenters. The molecule has 0 saturated carbocycles. The Morgan fingerprint density at radius 2 is 1.87 bits per heavy atom. The summed E-state index contributed by atoms with van der Waals surface area (Å²) in [6.45, 7) is 7.56. The lowest BCUT2D eigenvalue weighted by Gasteiger charge is -2.12. The summed E-state index contributed by atoms with van der Waals surface area (Å²) in [7, 11) is 1.53. The Morgan fingerprint density at radius 3 is 2.43 bits per heavy atom. The summed E-state index contributed by atoms with van der Waals surface area (Å²) in [6.07, 6.45) is 6.84. The number of phenols is 1. The minimum atomic E-state index is -0.462. The second kappa shape index (κ2) is 9.03. The highest BCUT2D eigenvalue weighted by atomic mass is 16.5. The quantitative estimate of drug-likeness (QED) is 0.455. The molecule has 0 atom stereocenters. The average Bonchev–Trinajstić information content (AvgIpc) is 2.46. The van der Waals surface area contributed by atoms with Gasteiger partial charge in [-0.05, 0) is 46.1 Å². The fraction of sp³-hybridized carbons (Fsp3) is 0.421. The van der Waals surface area contributed by atoms with E-state index in [1.807, 2.05) is 0 Å². The number of allylic oxidation sites excluding steroid dienone is 4. The number of methoxy groups -OCH3 is 1. The molecule has 1 N–H and O–H groups in total. The van der Waals surface area contributed by atoms with Crippen LogP contribution in [0.1, 0.15) is 46.1 Å². The Kier molecular flexibility index (Phi) is 7.39. The van der Waals surface area contributed by atoms with Crippen LogP contribution in [-0.4, -0.2) is 18.2 Å². The molecule has 0 aliphatic rings. The Balaban J connectivity index is 2.94. The fourth-order valence-electron chi connectivity index (χ4n) is 2.15. The molecule has 0 aliphatic carbocycles. The SMILES string of the molecule is COc1cc(O)c(OC(C)=O)c(C/C=C(\C)CCC=C(C)C)c1. The van der Waals surface area contributed by atoms with E-state index >= 15 is 0 Å². The first-order valence-corrected chi connectivity index (χ1v) is 7.70. The van der Waals surface area contributed by atoms with Crippen molar-refractivity contribution in [3.63, 3.8) is 0 Å². The average molecular weight is 318 g/mol. The minimum Gasteiger partial charge on any atom is -0.504 e. The third-order valence-electron chi connectivity index (χ3n) is 3.36. The van der Waals surface area contributed by atoms with Gasteiger partial charge in [0.2, 0.25) is 0 Å². The monoisotopic (exact) mass is 318 g/mol. The van der Waals surface area contributed by atoms with Gasteiger partial charge in [0.25, 0.3) is 0 Å². The molecule has 0 heterocycles. The molecular formula is C19H26O4. The summed E-state index contributed by atoms with van der Waals surface area (Å²) in [5.74, 6) is 0.178. The number of ether oxygens (including phenoxy) is 2. The van der Waals surface area contributed by atoms with Crippen molar-refractivity contribution in [3.05, 3.63) is 41.0 Å². The van der Waals surface area contributed by atoms with Crippen LogP contribution < -0.4 is 9.47 Å². The number of aromatic hydroxyl groups is 1. The molecule has 1 aromatic rings. The lowest BCUT2D eigenvalue weighted by atomic mass is 10.0. The normalized spacial score (nSPS) is 11.1. The third kappa shape index (κ3) is 6.59. The van der Waals surface area contributed by atoms with Gasteiger partial charge in [0.1, 0.15) is 5.75 Å². The van der Waals surface area contributed by atoms with E-state index in [0.29, 0.717) is 12.2 Å². The van der Waals surface area contributed by atoms with Crippen LogP contribution in [0.2, 0.25) is 0 Å². The van der Waals surface area contributed by atoms with Gasteiger partial charge in [0.05, 0.1) is 7.11 Å². The van der Waals surface area contributed by atoms with E-state index in [1.54, 1.807) is 6.07 Å². The van der Waals surface area contributed by atoms with Crippen molar-refractivity contribution in [2.45, 2.75) is 47.0 Å². The maximum absolute atomic E-state index is 11.2. The van der Waals surface area contributed by atoms with Crippen LogP contribution in [0.4, 0.5) is 0 Å². The number of rotatable bonds is 7. The number of benzene rings is 1. The third-order valence-corrected chi connectivity index (χ3v) is 3.36. The summed E-state index contributed by atoms with van der Waals surface area (Å²) < 4.78 is 10.3. The Morgan fingerprint density at radius 1 is 1.17 bits per heavy atom. The molecular weight excluding hydrogens is 292 g/mol. The lowest BCUT2D eigenvalue weighted by molar-refractivity contribution is -0.132. The fourth-order valence-corrected chi connectivity index (χ4v) is 2.15. The molecule has 0 fully saturated rings. The van der Waals surface area contributed by atoms with Crippen LogP contribution in [0, 0.1) is 0 Å². The van der Waals surface area contributed by atoms with Crippen LogP contribution in [0.5, 0.6) is 17.2 Å². The van der Waals surface area contributed by atoms with E-state index in [1.165, 1.54) is 31.2 Å². The van der Waals surface area contributed by atoms with Gasteiger partial charge in [-0.25, -0.2) is 0 Å². The predicted molar refractivity (Wildman–Crippen MR) is 92.1 cm³/mol. The molecule has 0 aliphatic heterocycles. The van der Waals surface area contributed by atoms with E-state index in [0.717, 1.165) is 18.4 Å². The van der Waals surface area contributed by atoms with Crippen LogP contribution in [0.25, 0.3) is 0 Å². The number of esters is 1. The zero-order valence-corrected chi connectivity index (χ0v) is 14.6. The van der Waals surface area contributed by atoms with Crippen LogP contribution in [0.15, 0.2) is 35.4 Å². The summed E-state index contributed by atoms with van der Waals surface area (Å²) in [6, 6.07) is 3.21. The lowest BCUT2D eigenvalue weighted by Crippen LogP contribution is -2.04. The molecule has 4 heteroatoms. The molecule has 0 radical (unpaired) electrons. The highest BCUT2D eigenvalue weighted by molar-refractivity contribution is 5.71. The van der Waals surface area contributed by atoms with Gasteiger partial charge >= 0.3 is 5.97 Å². The van der Waals surface area contributed by atoms with Crippen LogP contribution in [-0.2, 0) is 11.2 Å². The number of phenolic OH excluding ortho intramolecular Hbond substituents is 1. The first-order valence-electron chi connectivity index (χ1n) is 7.70. The molecule has 1 aromatic carbocycles. The van der Waals surface area contributed by atoms with E-state index in [9.17, 15) is 9.90 Å². The molecule has 0 bridgehead atoms. The zero-order valence-electron chi connectivity index (χ0n) is 14.6. The van der Waals surface area contributed by atoms with Crippen molar-refractivity contribution in [2.75, 3.05) is 7.11 Å². The Bertz CT molecular complexity index is 608. The number of hydrogen-bond acceptors (Lipinski definition) is 4. The van der Waals surface area contributed by atoms with Gasteiger partial charge in [-0.2, -0.15) is 0 Å². The molecule has 4 nitrogen and oxygen atoms in total. The summed E-state index contributed by atoms with van der Waals surface area (Å²) >= 11 is 0. The maximum Gasteiger partial charge on any atom is 0.308 e. The van der Waals surface area contributed by atoms with Crippen LogP contribution in [0.3, 0.4) is 0 Å². The highest BCUT2D eigenvalue weighted by Crippen LogP contribution is 2.35. The van der Waals surface area contributed by atoms with Gasteiger partial charge in [-0.15, -0.1) is 0 Å². The number of hydrogen-bond donors (Lipinski definition) is 1. The standard InChI is InChI=1S/C19H26O4/c1-13(2)7-6-8-14(3)9-10-16-11-17(22-5)12-18(21)19(16)23-15(4)20/h7,9,11-12,21H,6,8,10H2,1-5H3/b14-9+. The smallest absolute Gasteiger partial charge is 0.308 e. The van der Waals surface area contributed by atoms with Crippen molar-refractivity contribution < 1.29 is 19.4 Å². The van der Waals surface area contributed by atoms with E-state index in [-0.39, 0.29) is 11.5 Å². The van der Waals surface area contributed by atoms with Crippen molar-refractivity contribution >= 4 is 5.97 Å². The van der Waals surface area contributed by atoms with Crippen molar-refractivity contribution in [2.24, 2.45) is 0 Å². The van der Waals surface area contributed by atoms with Gasteiger partial charge < -0.3 is 14.6 Å². The van der Waals surface area contributed by atoms with Crippen LogP contribution >= 0.6 is 0 Å². The molecule has 0 saturated heterocycles. The van der Waals surface area contributed by atoms with Crippen molar-refractivity contribution in [3.8, 4) is 17.2 Å². The maximum atomic E-state index is 11.2. The molecule has 23 heavy (non-hydrogen) atoms. The molecule has 0 spiro atoms. The van der Waals surface area contributed by atoms with Crippen molar-refractivity contribution in [1.82, 2.24) is 0 Å². The van der Waals surface area contributed by atoms with Gasteiger partial charge in [0.15, 0.2) is 11.5 Å². The van der Waals surface area contributed by atoms with Gasteiger partial charge in [-0.3, -0.25) is 4.79 Å². The first-order chi connectivity index (χ1) is 10.8. The minimum absolute atomic E-state index is 0.0925. The highest BCUT2D eigenvalue weighted by Gasteiger charge is 2.13. The van der Waals surface area contributed by atoms with Gasteiger partial charge in [0, 0.05) is 18.6 Å². The molecule has 1 rings (SSSR count). The molecule has 126 valence electrons. The number of carbonyl (C=O) groups is 1. The summed E-state index contributed by atoms with van der Waals surface area (Å²) in [5.41, 5.74) is 3.28. The van der Waals surface area contributed by atoms with Crippen molar-refractivity contribution in [1.29, 1.82) is 0 Å².